The van der Waals surface area contributed by atoms with Gasteiger partial charge in [-0.05, 0) is 17.7 Å². The zero-order valence-electron chi connectivity index (χ0n) is 5.44. The Balaban J connectivity index is 3.21. The maximum Gasteiger partial charge on any atom is 0.194 e. The number of hydrogen-bond acceptors (Lipinski definition) is 1. The third-order valence-electron chi connectivity index (χ3n) is 1.23. The molecular formula is C7H5F3S. The quantitative estimate of drug-likeness (QED) is 0.495. The zero-order valence-corrected chi connectivity index (χ0v) is 6.34. The Morgan fingerprint density at radius 3 is 1.91 bits per heavy atom. The molecule has 1 aromatic rings. The second-order valence-electron chi connectivity index (χ2n) is 2.03. The predicted octanol–water partition coefficient (Wildman–Crippen LogP) is 2.53. The summed E-state index contributed by atoms with van der Waals surface area (Å²) in [6.45, 7) is 0. The molecular weight excluding hydrogens is 173 g/mol. The van der Waals surface area contributed by atoms with Gasteiger partial charge in [0.25, 0.3) is 0 Å². The van der Waals surface area contributed by atoms with Crippen LogP contribution in [0.5, 0.6) is 0 Å². The van der Waals surface area contributed by atoms with Crippen LogP contribution >= 0.6 is 12.6 Å². The van der Waals surface area contributed by atoms with Gasteiger partial charge in [-0.25, -0.2) is 13.2 Å². The van der Waals surface area contributed by atoms with Gasteiger partial charge in [0.2, 0.25) is 0 Å². The summed E-state index contributed by atoms with van der Waals surface area (Å²) in [4.78, 5) is 0. The highest BCUT2D eigenvalue weighted by Crippen LogP contribution is 2.14. The second-order valence-corrected chi connectivity index (χ2v) is 2.35. The zero-order chi connectivity index (χ0) is 8.43. The summed E-state index contributed by atoms with van der Waals surface area (Å²) < 4.78 is 37.0. The normalized spacial score (nSPS) is 10.2. The molecule has 0 radical (unpaired) electrons. The molecule has 0 saturated heterocycles. The predicted molar refractivity (Wildman–Crippen MR) is 39.0 cm³/mol. The van der Waals surface area contributed by atoms with Crippen molar-refractivity contribution in [1.29, 1.82) is 0 Å². The Bertz CT molecular complexity index is 249. The van der Waals surface area contributed by atoms with Crippen LogP contribution in [-0.4, -0.2) is 0 Å². The molecule has 0 aliphatic heterocycles. The Morgan fingerprint density at radius 2 is 1.55 bits per heavy atom. The third-order valence-corrected chi connectivity index (χ3v) is 1.59. The summed E-state index contributed by atoms with van der Waals surface area (Å²) in [7, 11) is 0. The molecule has 0 fully saturated rings. The van der Waals surface area contributed by atoms with Crippen molar-refractivity contribution >= 4 is 12.6 Å². The van der Waals surface area contributed by atoms with Gasteiger partial charge in [0.05, 0.1) is 0 Å². The van der Waals surface area contributed by atoms with E-state index >= 15 is 0 Å². The van der Waals surface area contributed by atoms with E-state index in [9.17, 15) is 13.2 Å². The van der Waals surface area contributed by atoms with Crippen molar-refractivity contribution in [2.75, 3.05) is 0 Å². The van der Waals surface area contributed by atoms with E-state index in [2.05, 4.69) is 12.6 Å². The highest BCUT2D eigenvalue weighted by atomic mass is 32.1. The van der Waals surface area contributed by atoms with Crippen LogP contribution in [0.25, 0.3) is 0 Å². The Kier molecular flexibility index (Phi) is 2.44. The van der Waals surface area contributed by atoms with Crippen LogP contribution in [0, 0.1) is 17.5 Å². The van der Waals surface area contributed by atoms with E-state index in [0.717, 1.165) is 12.1 Å². The summed E-state index contributed by atoms with van der Waals surface area (Å²) in [5, 5.41) is 0. The summed E-state index contributed by atoms with van der Waals surface area (Å²) in [5.41, 5.74) is 0.324. The number of benzene rings is 1. The topological polar surface area (TPSA) is 0 Å². The van der Waals surface area contributed by atoms with Crippen molar-refractivity contribution < 1.29 is 13.2 Å². The van der Waals surface area contributed by atoms with Crippen molar-refractivity contribution in [1.82, 2.24) is 0 Å². The monoisotopic (exact) mass is 178 g/mol. The van der Waals surface area contributed by atoms with E-state index in [0.29, 0.717) is 5.56 Å². The number of thiol groups is 1. The van der Waals surface area contributed by atoms with E-state index in [1.165, 1.54) is 0 Å². The molecule has 0 amide bonds. The van der Waals surface area contributed by atoms with Gasteiger partial charge in [0.1, 0.15) is 0 Å². The molecule has 0 aliphatic carbocycles. The molecule has 11 heavy (non-hydrogen) atoms. The van der Waals surface area contributed by atoms with E-state index in [1.807, 2.05) is 0 Å². The van der Waals surface area contributed by atoms with Gasteiger partial charge in [0, 0.05) is 5.75 Å². The first-order chi connectivity index (χ1) is 5.15. The number of halogens is 3. The maximum absolute atomic E-state index is 12.4. The first-order valence-corrected chi connectivity index (χ1v) is 3.52. The lowest BCUT2D eigenvalue weighted by Crippen LogP contribution is -1.92. The molecule has 0 nitrogen and oxygen atoms in total. The highest BCUT2D eigenvalue weighted by Gasteiger charge is 2.08. The molecule has 4 heteroatoms. The standard InChI is InChI=1S/C7H5F3S/c8-5-1-4(3-11)2-6(9)7(5)10/h1-2,11H,3H2. The minimum Gasteiger partial charge on any atom is -0.204 e. The van der Waals surface area contributed by atoms with E-state index in [4.69, 9.17) is 0 Å². The molecule has 0 spiro atoms. The van der Waals surface area contributed by atoms with Crippen molar-refractivity contribution in [3.63, 3.8) is 0 Å². The van der Waals surface area contributed by atoms with Crippen LogP contribution < -0.4 is 0 Å². The molecule has 0 aromatic heterocycles. The van der Waals surface area contributed by atoms with Crippen molar-refractivity contribution in [3.8, 4) is 0 Å². The van der Waals surface area contributed by atoms with Crippen LogP contribution in [0.1, 0.15) is 5.56 Å². The lowest BCUT2D eigenvalue weighted by Gasteiger charge is -1.98. The molecule has 0 unspecified atom stereocenters. The molecule has 1 rings (SSSR count). The number of rotatable bonds is 1. The minimum atomic E-state index is -1.43. The van der Waals surface area contributed by atoms with Crippen LogP contribution in [0.15, 0.2) is 12.1 Å². The van der Waals surface area contributed by atoms with Crippen LogP contribution in [0.2, 0.25) is 0 Å². The van der Waals surface area contributed by atoms with Crippen molar-refractivity contribution in [3.05, 3.63) is 35.1 Å². The van der Waals surface area contributed by atoms with E-state index in [-0.39, 0.29) is 5.75 Å². The van der Waals surface area contributed by atoms with Gasteiger partial charge >= 0.3 is 0 Å². The highest BCUT2D eigenvalue weighted by molar-refractivity contribution is 7.79. The Labute approximate surface area is 67.4 Å². The molecule has 60 valence electrons. The van der Waals surface area contributed by atoms with Crippen LogP contribution in [-0.2, 0) is 5.75 Å². The average molecular weight is 178 g/mol. The summed E-state index contributed by atoms with van der Waals surface area (Å²) in [5.74, 6) is -3.59. The van der Waals surface area contributed by atoms with Crippen molar-refractivity contribution in [2.24, 2.45) is 0 Å². The molecule has 1 aromatic carbocycles. The number of hydrogen-bond donors (Lipinski definition) is 1. The first kappa shape index (κ1) is 8.46. The lowest BCUT2D eigenvalue weighted by atomic mass is 10.2. The SMILES string of the molecule is Fc1cc(CS)cc(F)c1F. The van der Waals surface area contributed by atoms with Gasteiger partial charge in [-0.1, -0.05) is 0 Å². The fourth-order valence-electron chi connectivity index (χ4n) is 0.699. The first-order valence-electron chi connectivity index (χ1n) is 2.89. The second kappa shape index (κ2) is 3.17. The summed E-state index contributed by atoms with van der Waals surface area (Å²) in [6, 6.07) is 1.84. The van der Waals surface area contributed by atoms with Gasteiger partial charge in [-0.3, -0.25) is 0 Å². The smallest absolute Gasteiger partial charge is 0.194 e. The Morgan fingerprint density at radius 1 is 1.09 bits per heavy atom. The largest absolute Gasteiger partial charge is 0.204 e. The lowest BCUT2D eigenvalue weighted by molar-refractivity contribution is 0.446. The van der Waals surface area contributed by atoms with Gasteiger partial charge in [-0.2, -0.15) is 12.6 Å². The summed E-state index contributed by atoms with van der Waals surface area (Å²) >= 11 is 3.78. The average Bonchev–Trinajstić information content (AvgIpc) is 1.99. The third kappa shape index (κ3) is 1.68. The van der Waals surface area contributed by atoms with Gasteiger partial charge in [0.15, 0.2) is 17.5 Å². The van der Waals surface area contributed by atoms with Gasteiger partial charge in [-0.15, -0.1) is 0 Å². The van der Waals surface area contributed by atoms with Gasteiger partial charge < -0.3 is 0 Å². The maximum atomic E-state index is 12.4. The Hall–Kier alpha value is -0.640. The van der Waals surface area contributed by atoms with Crippen LogP contribution in [0.3, 0.4) is 0 Å². The fourth-order valence-corrected chi connectivity index (χ4v) is 0.882. The molecule has 0 N–H and O–H groups in total. The fraction of sp³-hybridized carbons (Fsp3) is 0.143. The minimum absolute atomic E-state index is 0.189. The molecule has 0 heterocycles. The summed E-state index contributed by atoms with van der Waals surface area (Å²) in [6.07, 6.45) is 0. The molecule has 0 saturated carbocycles. The van der Waals surface area contributed by atoms with E-state index < -0.39 is 17.5 Å². The van der Waals surface area contributed by atoms with Crippen molar-refractivity contribution in [2.45, 2.75) is 5.75 Å². The van der Waals surface area contributed by atoms with Crippen LogP contribution in [0.4, 0.5) is 13.2 Å². The molecule has 0 aliphatic rings. The van der Waals surface area contributed by atoms with E-state index in [1.54, 1.807) is 0 Å². The molecule has 0 bridgehead atoms. The molecule has 0 atom stereocenters.